The van der Waals surface area contributed by atoms with E-state index in [1.165, 1.54) is 12.1 Å². The lowest BCUT2D eigenvalue weighted by Crippen LogP contribution is -1.83. The van der Waals surface area contributed by atoms with Crippen LogP contribution in [-0.2, 0) is 0 Å². The van der Waals surface area contributed by atoms with Crippen LogP contribution in [0.3, 0.4) is 0 Å². The molecule has 0 aliphatic heterocycles. The minimum Gasteiger partial charge on any atom is -0.207 e. The highest BCUT2D eigenvalue weighted by Crippen LogP contribution is 2.13. The zero-order chi connectivity index (χ0) is 11.4. The first-order valence-electron chi connectivity index (χ1n) is 4.96. The third-order valence-electron chi connectivity index (χ3n) is 2.30. The van der Waals surface area contributed by atoms with Gasteiger partial charge in [0.15, 0.2) is 0 Å². The van der Waals surface area contributed by atoms with Gasteiger partial charge in [-0.3, -0.25) is 0 Å². The Hall–Kier alpha value is -2.03. The number of halogens is 1. The number of benzene rings is 1. The van der Waals surface area contributed by atoms with Crippen molar-refractivity contribution in [2.75, 3.05) is 0 Å². The van der Waals surface area contributed by atoms with Crippen LogP contribution in [0, 0.1) is 12.7 Å². The van der Waals surface area contributed by atoms with Crippen LogP contribution in [0.4, 0.5) is 4.39 Å². The Balaban J connectivity index is 2.27. The summed E-state index contributed by atoms with van der Waals surface area (Å²) in [6.07, 6.45) is 7.04. The summed E-state index contributed by atoms with van der Waals surface area (Å²) in [7, 11) is 0. The molecule has 0 aliphatic carbocycles. The number of aromatic nitrogens is 2. The van der Waals surface area contributed by atoms with Gasteiger partial charge in [0, 0.05) is 0 Å². The van der Waals surface area contributed by atoms with Crippen LogP contribution < -0.4 is 0 Å². The predicted octanol–water partition coefficient (Wildman–Crippen LogP) is 3.09. The lowest BCUT2D eigenvalue weighted by atomic mass is 10.1. The zero-order valence-corrected chi connectivity index (χ0v) is 8.89. The van der Waals surface area contributed by atoms with Crippen molar-refractivity contribution in [2.45, 2.75) is 6.92 Å². The number of hydrogen-bond donors (Lipinski definition) is 0. The topological polar surface area (TPSA) is 25.8 Å². The van der Waals surface area contributed by atoms with Gasteiger partial charge in [0.25, 0.3) is 0 Å². The lowest BCUT2D eigenvalue weighted by molar-refractivity contribution is 0.627. The molecule has 0 saturated carbocycles. The molecule has 0 fully saturated rings. The average molecular weight is 214 g/mol. The molecule has 0 N–H and O–H groups in total. The summed E-state index contributed by atoms with van der Waals surface area (Å²) in [4.78, 5) is 0. The van der Waals surface area contributed by atoms with E-state index < -0.39 is 0 Å². The van der Waals surface area contributed by atoms with Crippen LogP contribution in [0.1, 0.15) is 16.7 Å². The second kappa shape index (κ2) is 4.66. The monoisotopic (exact) mass is 214 g/mol. The second-order valence-corrected chi connectivity index (χ2v) is 3.51. The van der Waals surface area contributed by atoms with Crippen molar-refractivity contribution in [1.29, 1.82) is 0 Å². The first kappa shape index (κ1) is 10.5. The fraction of sp³-hybridized carbons (Fsp3) is 0.0769. The van der Waals surface area contributed by atoms with E-state index in [1.807, 2.05) is 25.1 Å². The normalized spacial score (nSPS) is 10.9. The van der Waals surface area contributed by atoms with Gasteiger partial charge < -0.3 is 0 Å². The minimum absolute atomic E-state index is 0.224. The Kier molecular flexibility index (Phi) is 3.05. The SMILES string of the molecule is Cc1ccc(F)cc1/C=C/c1ccnnc1. The number of aryl methyl sites for hydroxylation is 1. The van der Waals surface area contributed by atoms with Crippen molar-refractivity contribution in [3.63, 3.8) is 0 Å². The summed E-state index contributed by atoms with van der Waals surface area (Å²) in [6, 6.07) is 6.58. The quantitative estimate of drug-likeness (QED) is 0.767. The molecule has 2 nitrogen and oxygen atoms in total. The maximum absolute atomic E-state index is 13.0. The summed E-state index contributed by atoms with van der Waals surface area (Å²) < 4.78 is 13.0. The van der Waals surface area contributed by atoms with Crippen LogP contribution in [-0.4, -0.2) is 10.2 Å². The van der Waals surface area contributed by atoms with E-state index in [0.29, 0.717) is 0 Å². The molecule has 0 atom stereocenters. The zero-order valence-electron chi connectivity index (χ0n) is 8.89. The second-order valence-electron chi connectivity index (χ2n) is 3.51. The molecule has 1 aromatic carbocycles. The van der Waals surface area contributed by atoms with E-state index >= 15 is 0 Å². The van der Waals surface area contributed by atoms with E-state index in [9.17, 15) is 4.39 Å². The first-order valence-corrected chi connectivity index (χ1v) is 4.96. The van der Waals surface area contributed by atoms with Crippen molar-refractivity contribution in [3.8, 4) is 0 Å². The predicted molar refractivity (Wildman–Crippen MR) is 62.1 cm³/mol. The molecule has 0 radical (unpaired) electrons. The highest BCUT2D eigenvalue weighted by atomic mass is 19.1. The standard InChI is InChI=1S/C13H11FN2/c1-10-2-5-13(14)8-12(10)4-3-11-6-7-15-16-9-11/h2-9H,1H3/b4-3+. The smallest absolute Gasteiger partial charge is 0.123 e. The minimum atomic E-state index is -0.224. The number of hydrogen-bond acceptors (Lipinski definition) is 2. The molecule has 1 heterocycles. The molecule has 0 aliphatic rings. The maximum Gasteiger partial charge on any atom is 0.123 e. The molecule has 0 spiro atoms. The third kappa shape index (κ3) is 2.51. The van der Waals surface area contributed by atoms with Gasteiger partial charge in [0.05, 0.1) is 12.4 Å². The molecule has 3 heteroatoms. The van der Waals surface area contributed by atoms with Crippen LogP contribution in [0.5, 0.6) is 0 Å². The molecule has 0 unspecified atom stereocenters. The van der Waals surface area contributed by atoms with E-state index in [1.54, 1.807) is 18.5 Å². The van der Waals surface area contributed by atoms with Crippen LogP contribution in [0.25, 0.3) is 12.2 Å². The van der Waals surface area contributed by atoms with Crippen LogP contribution >= 0.6 is 0 Å². The van der Waals surface area contributed by atoms with Gasteiger partial charge in [-0.05, 0) is 41.8 Å². The van der Waals surface area contributed by atoms with Crippen molar-refractivity contribution in [2.24, 2.45) is 0 Å². The highest BCUT2D eigenvalue weighted by molar-refractivity contribution is 5.70. The average Bonchev–Trinajstić information content (AvgIpc) is 2.32. The van der Waals surface area contributed by atoms with Crippen molar-refractivity contribution in [3.05, 3.63) is 59.2 Å². The first-order chi connectivity index (χ1) is 7.75. The number of rotatable bonds is 2. The van der Waals surface area contributed by atoms with Crippen LogP contribution in [0.15, 0.2) is 36.7 Å². The van der Waals surface area contributed by atoms with Crippen molar-refractivity contribution >= 4 is 12.2 Å². The van der Waals surface area contributed by atoms with Crippen molar-refractivity contribution < 1.29 is 4.39 Å². The molecule has 1 aromatic heterocycles. The van der Waals surface area contributed by atoms with Crippen molar-refractivity contribution in [1.82, 2.24) is 10.2 Å². The van der Waals surface area contributed by atoms with Gasteiger partial charge in [-0.2, -0.15) is 10.2 Å². The Morgan fingerprint density at radius 2 is 2.00 bits per heavy atom. The van der Waals surface area contributed by atoms with E-state index in [4.69, 9.17) is 0 Å². The number of nitrogens with zero attached hydrogens (tertiary/aromatic N) is 2. The summed E-state index contributed by atoms with van der Waals surface area (Å²) in [5.41, 5.74) is 2.86. The third-order valence-corrected chi connectivity index (χ3v) is 2.30. The highest BCUT2D eigenvalue weighted by Gasteiger charge is 1.96. The van der Waals surface area contributed by atoms with Gasteiger partial charge in [-0.15, -0.1) is 0 Å². The fourth-order valence-corrected chi connectivity index (χ4v) is 1.38. The van der Waals surface area contributed by atoms with Gasteiger partial charge in [-0.25, -0.2) is 4.39 Å². The maximum atomic E-state index is 13.0. The fourth-order valence-electron chi connectivity index (χ4n) is 1.38. The molecule has 16 heavy (non-hydrogen) atoms. The Bertz CT molecular complexity index is 507. The molecular formula is C13H11FN2. The Morgan fingerprint density at radius 1 is 1.12 bits per heavy atom. The van der Waals surface area contributed by atoms with Crippen LogP contribution in [0.2, 0.25) is 0 Å². The summed E-state index contributed by atoms with van der Waals surface area (Å²) in [5.74, 6) is -0.224. The molecule has 2 aromatic rings. The molecular weight excluding hydrogens is 203 g/mol. The molecule has 0 bridgehead atoms. The molecule has 80 valence electrons. The lowest BCUT2D eigenvalue weighted by Gasteiger charge is -1.99. The van der Waals surface area contributed by atoms with Gasteiger partial charge >= 0.3 is 0 Å². The molecule has 0 amide bonds. The summed E-state index contributed by atoms with van der Waals surface area (Å²) in [6.45, 7) is 1.95. The molecule has 2 rings (SSSR count). The molecule has 0 saturated heterocycles. The Labute approximate surface area is 93.5 Å². The summed E-state index contributed by atoms with van der Waals surface area (Å²) >= 11 is 0. The van der Waals surface area contributed by atoms with Gasteiger partial charge in [-0.1, -0.05) is 18.2 Å². The summed E-state index contributed by atoms with van der Waals surface area (Å²) in [5, 5.41) is 7.45. The van der Waals surface area contributed by atoms with E-state index in [0.717, 1.165) is 16.7 Å². The van der Waals surface area contributed by atoms with E-state index in [2.05, 4.69) is 10.2 Å². The van der Waals surface area contributed by atoms with Gasteiger partial charge in [0.2, 0.25) is 0 Å². The van der Waals surface area contributed by atoms with E-state index in [-0.39, 0.29) is 5.82 Å². The Morgan fingerprint density at radius 3 is 2.75 bits per heavy atom. The van der Waals surface area contributed by atoms with Gasteiger partial charge in [0.1, 0.15) is 5.82 Å². The largest absolute Gasteiger partial charge is 0.207 e.